The maximum Gasteiger partial charge on any atom is 0.191 e. The maximum atomic E-state index is 6.23. The molecule has 0 fully saturated rings. The standard InChI is InChI=1S/C27H29N3O3S/c1-20-13-14-24(32-3)22(17-20)19-34-27-29-28-26(30(27)15-16-31-2)18-33-25-12-8-7-11-23(25)21-9-5-4-6-10-21/h4-14,17H,15-16,18-19H2,1-3H3. The van der Waals surface area contributed by atoms with Crippen LogP contribution >= 0.6 is 11.8 Å². The number of thioether (sulfide) groups is 1. The third-order valence-corrected chi connectivity index (χ3v) is 6.45. The van der Waals surface area contributed by atoms with Crippen molar-refractivity contribution in [1.82, 2.24) is 14.8 Å². The zero-order valence-electron chi connectivity index (χ0n) is 19.7. The van der Waals surface area contributed by atoms with Crippen molar-refractivity contribution in [3.63, 3.8) is 0 Å². The minimum absolute atomic E-state index is 0.314. The van der Waals surface area contributed by atoms with Crippen LogP contribution in [0.3, 0.4) is 0 Å². The first-order valence-electron chi connectivity index (χ1n) is 11.1. The minimum atomic E-state index is 0.314. The van der Waals surface area contributed by atoms with E-state index in [1.54, 1.807) is 26.0 Å². The van der Waals surface area contributed by atoms with E-state index in [4.69, 9.17) is 14.2 Å². The summed E-state index contributed by atoms with van der Waals surface area (Å²) in [4.78, 5) is 0. The lowest BCUT2D eigenvalue weighted by molar-refractivity contribution is 0.181. The zero-order valence-corrected chi connectivity index (χ0v) is 20.5. The average Bonchev–Trinajstić information content (AvgIpc) is 3.27. The van der Waals surface area contributed by atoms with Crippen LogP contribution in [-0.2, 0) is 23.6 Å². The molecule has 0 bridgehead atoms. The van der Waals surface area contributed by atoms with Gasteiger partial charge >= 0.3 is 0 Å². The topological polar surface area (TPSA) is 58.4 Å². The summed E-state index contributed by atoms with van der Waals surface area (Å²) in [5.41, 5.74) is 4.49. The van der Waals surface area contributed by atoms with Gasteiger partial charge in [-0.15, -0.1) is 10.2 Å². The molecule has 0 unspecified atom stereocenters. The van der Waals surface area contributed by atoms with Crippen LogP contribution in [0, 0.1) is 6.92 Å². The van der Waals surface area contributed by atoms with Gasteiger partial charge in [0.2, 0.25) is 0 Å². The van der Waals surface area contributed by atoms with Crippen LogP contribution < -0.4 is 9.47 Å². The monoisotopic (exact) mass is 475 g/mol. The SMILES string of the molecule is COCCn1c(COc2ccccc2-c2ccccc2)nnc1SCc1cc(C)ccc1OC. The van der Waals surface area contributed by atoms with Crippen molar-refractivity contribution >= 4 is 11.8 Å². The number of ether oxygens (including phenoxy) is 3. The second-order valence-electron chi connectivity index (χ2n) is 7.80. The van der Waals surface area contributed by atoms with E-state index in [1.165, 1.54) is 5.56 Å². The fraction of sp³-hybridized carbons (Fsp3) is 0.259. The highest BCUT2D eigenvalue weighted by Gasteiger charge is 2.15. The summed E-state index contributed by atoms with van der Waals surface area (Å²) >= 11 is 1.63. The Hall–Kier alpha value is -3.29. The van der Waals surface area contributed by atoms with Crippen molar-refractivity contribution in [2.24, 2.45) is 0 Å². The summed E-state index contributed by atoms with van der Waals surface area (Å²) in [5, 5.41) is 9.72. The molecule has 0 saturated heterocycles. The van der Waals surface area contributed by atoms with E-state index in [-0.39, 0.29) is 0 Å². The lowest BCUT2D eigenvalue weighted by Crippen LogP contribution is -2.12. The largest absolute Gasteiger partial charge is 0.496 e. The van der Waals surface area contributed by atoms with Gasteiger partial charge in [0, 0.05) is 30.5 Å². The first-order chi connectivity index (χ1) is 16.7. The van der Waals surface area contributed by atoms with Crippen molar-refractivity contribution in [3.05, 3.63) is 89.7 Å². The Morgan fingerprint density at radius 2 is 1.68 bits per heavy atom. The first kappa shape index (κ1) is 23.9. The van der Waals surface area contributed by atoms with E-state index in [0.717, 1.165) is 44.9 Å². The molecule has 0 N–H and O–H groups in total. The number of nitrogens with zero attached hydrogens (tertiary/aromatic N) is 3. The summed E-state index contributed by atoms with van der Waals surface area (Å²) < 4.78 is 19.2. The summed E-state index contributed by atoms with van der Waals surface area (Å²) in [6.07, 6.45) is 0. The van der Waals surface area contributed by atoms with Gasteiger partial charge < -0.3 is 18.8 Å². The molecular weight excluding hydrogens is 446 g/mol. The number of hydrogen-bond acceptors (Lipinski definition) is 6. The predicted octanol–water partition coefficient (Wildman–Crippen LogP) is 5.78. The number of aryl methyl sites for hydroxylation is 1. The molecule has 0 spiro atoms. The zero-order chi connectivity index (χ0) is 23.8. The first-order valence-corrected chi connectivity index (χ1v) is 12.1. The molecule has 4 aromatic rings. The molecule has 6 nitrogen and oxygen atoms in total. The minimum Gasteiger partial charge on any atom is -0.496 e. The molecule has 0 amide bonds. The van der Waals surface area contributed by atoms with E-state index in [1.807, 2.05) is 42.5 Å². The molecule has 3 aromatic carbocycles. The summed E-state index contributed by atoms with van der Waals surface area (Å²) in [6.45, 7) is 3.61. The Bertz CT molecular complexity index is 1210. The quantitative estimate of drug-likeness (QED) is 0.256. The van der Waals surface area contributed by atoms with Gasteiger partial charge in [0.1, 0.15) is 18.1 Å². The van der Waals surface area contributed by atoms with Crippen LogP contribution in [0.1, 0.15) is 17.0 Å². The summed E-state index contributed by atoms with van der Waals surface area (Å²) in [7, 11) is 3.39. The molecule has 1 heterocycles. The van der Waals surface area contributed by atoms with Gasteiger partial charge in [-0.3, -0.25) is 0 Å². The van der Waals surface area contributed by atoms with Crippen LogP contribution in [0.4, 0.5) is 0 Å². The van der Waals surface area contributed by atoms with Crippen LogP contribution in [0.15, 0.2) is 78.0 Å². The highest BCUT2D eigenvalue weighted by Crippen LogP contribution is 2.31. The van der Waals surface area contributed by atoms with Gasteiger partial charge in [0.15, 0.2) is 11.0 Å². The Labute approximate surface area is 204 Å². The normalized spacial score (nSPS) is 10.9. The second-order valence-corrected chi connectivity index (χ2v) is 8.74. The molecule has 0 aliphatic heterocycles. The fourth-order valence-corrected chi connectivity index (χ4v) is 4.65. The van der Waals surface area contributed by atoms with Crippen LogP contribution in [0.25, 0.3) is 11.1 Å². The Morgan fingerprint density at radius 3 is 2.47 bits per heavy atom. The van der Waals surface area contributed by atoms with Crippen molar-refractivity contribution in [3.8, 4) is 22.6 Å². The molecule has 0 saturated carbocycles. The van der Waals surface area contributed by atoms with Gasteiger partial charge in [-0.1, -0.05) is 78.0 Å². The van der Waals surface area contributed by atoms with Crippen LogP contribution in [0.5, 0.6) is 11.5 Å². The number of aromatic nitrogens is 3. The molecule has 34 heavy (non-hydrogen) atoms. The molecule has 4 rings (SSSR count). The third kappa shape index (κ3) is 5.79. The second kappa shape index (κ2) is 11.7. The predicted molar refractivity (Wildman–Crippen MR) is 135 cm³/mol. The molecule has 1 aromatic heterocycles. The van der Waals surface area contributed by atoms with Crippen molar-refractivity contribution in [2.45, 2.75) is 31.0 Å². The highest BCUT2D eigenvalue weighted by molar-refractivity contribution is 7.98. The molecular formula is C27H29N3O3S. The lowest BCUT2D eigenvalue weighted by Gasteiger charge is -2.13. The number of methoxy groups -OCH3 is 2. The van der Waals surface area contributed by atoms with Gasteiger partial charge in [-0.25, -0.2) is 0 Å². The molecule has 0 aliphatic rings. The van der Waals surface area contributed by atoms with E-state index in [2.05, 4.69) is 52.0 Å². The Kier molecular flexibility index (Phi) is 8.22. The summed E-state index contributed by atoms with van der Waals surface area (Å²) in [6, 6.07) is 24.5. The molecule has 0 radical (unpaired) electrons. The Balaban J connectivity index is 1.52. The number of benzene rings is 3. The van der Waals surface area contributed by atoms with Crippen LogP contribution in [0.2, 0.25) is 0 Å². The van der Waals surface area contributed by atoms with Gasteiger partial charge in [0.05, 0.1) is 13.7 Å². The highest BCUT2D eigenvalue weighted by atomic mass is 32.2. The van der Waals surface area contributed by atoms with Crippen LogP contribution in [-0.4, -0.2) is 35.6 Å². The summed E-state index contributed by atoms with van der Waals surface area (Å²) in [5.74, 6) is 3.18. The average molecular weight is 476 g/mol. The number of rotatable bonds is 11. The number of para-hydroxylation sites is 1. The Morgan fingerprint density at radius 1 is 0.882 bits per heavy atom. The molecule has 0 atom stereocenters. The molecule has 176 valence electrons. The van der Waals surface area contributed by atoms with Crippen molar-refractivity contribution in [2.75, 3.05) is 20.8 Å². The van der Waals surface area contributed by atoms with Crippen molar-refractivity contribution in [1.29, 1.82) is 0 Å². The van der Waals surface area contributed by atoms with E-state index in [0.29, 0.717) is 19.8 Å². The lowest BCUT2D eigenvalue weighted by atomic mass is 10.1. The fourth-order valence-electron chi connectivity index (χ4n) is 3.69. The van der Waals surface area contributed by atoms with E-state index in [9.17, 15) is 0 Å². The van der Waals surface area contributed by atoms with E-state index < -0.39 is 0 Å². The number of hydrogen-bond donors (Lipinski definition) is 0. The molecule has 0 aliphatic carbocycles. The van der Waals surface area contributed by atoms with Gasteiger partial charge in [-0.2, -0.15) is 0 Å². The molecule has 7 heteroatoms. The van der Waals surface area contributed by atoms with E-state index >= 15 is 0 Å². The van der Waals surface area contributed by atoms with Gasteiger partial charge in [0.25, 0.3) is 0 Å². The van der Waals surface area contributed by atoms with Crippen molar-refractivity contribution < 1.29 is 14.2 Å². The maximum absolute atomic E-state index is 6.23. The van der Waals surface area contributed by atoms with Gasteiger partial charge in [-0.05, 0) is 24.6 Å². The smallest absolute Gasteiger partial charge is 0.191 e. The third-order valence-electron chi connectivity index (χ3n) is 5.43.